The molecule has 2 N–H and O–H groups in total. The Bertz CT molecular complexity index is 1160. The summed E-state index contributed by atoms with van der Waals surface area (Å²) in [6.45, 7) is 0. The van der Waals surface area contributed by atoms with Crippen molar-refractivity contribution in [1.82, 2.24) is 4.40 Å². The van der Waals surface area contributed by atoms with Crippen molar-refractivity contribution in [3.63, 3.8) is 0 Å². The summed E-state index contributed by atoms with van der Waals surface area (Å²) in [5.74, 6) is -2.54. The van der Waals surface area contributed by atoms with Gasteiger partial charge in [-0.25, -0.2) is 9.59 Å². The van der Waals surface area contributed by atoms with Crippen LogP contribution in [-0.2, 0) is 0 Å². The van der Waals surface area contributed by atoms with Gasteiger partial charge in [-0.2, -0.15) is 0 Å². The fourth-order valence-electron chi connectivity index (χ4n) is 3.00. The second-order valence-corrected chi connectivity index (χ2v) is 6.89. The Morgan fingerprint density at radius 1 is 0.920 bits per heavy atom. The first kappa shape index (κ1) is 15.7. The van der Waals surface area contributed by atoms with E-state index in [1.165, 1.54) is 11.3 Å². The maximum atomic E-state index is 11.9. The van der Waals surface area contributed by atoms with Crippen LogP contribution in [0.4, 0.5) is 0 Å². The molecule has 2 aromatic heterocycles. The fourth-order valence-corrected chi connectivity index (χ4v) is 4.31. The van der Waals surface area contributed by atoms with Crippen molar-refractivity contribution < 1.29 is 19.8 Å². The summed E-state index contributed by atoms with van der Waals surface area (Å²) in [5.41, 5.74) is 1.29. The molecule has 7 heteroatoms. The lowest BCUT2D eigenvalue weighted by Crippen LogP contribution is -2.06. The highest BCUT2D eigenvalue weighted by atomic mass is 35.5. The van der Waals surface area contributed by atoms with E-state index in [4.69, 9.17) is 11.6 Å². The number of carboxylic acids is 2. The summed E-state index contributed by atoms with van der Waals surface area (Å²) in [4.78, 5) is 24.1. The van der Waals surface area contributed by atoms with Crippen molar-refractivity contribution in [1.29, 1.82) is 0 Å². The summed E-state index contributed by atoms with van der Waals surface area (Å²) in [6.07, 6.45) is 0. The van der Waals surface area contributed by atoms with Crippen molar-refractivity contribution >= 4 is 49.9 Å². The summed E-state index contributed by atoms with van der Waals surface area (Å²) in [6, 6.07) is 14.1. The number of halogens is 1. The number of aromatic nitrogens is 1. The minimum absolute atomic E-state index is 0.196. The van der Waals surface area contributed by atoms with E-state index in [9.17, 15) is 19.8 Å². The Hall–Kier alpha value is -2.83. The molecule has 4 aromatic rings. The van der Waals surface area contributed by atoms with Crippen molar-refractivity contribution in [3.05, 3.63) is 64.7 Å². The summed E-state index contributed by atoms with van der Waals surface area (Å²) in [7, 11) is 0. The molecule has 5 nitrogen and oxygen atoms in total. The SMILES string of the molecule is O=C(O)c1c(C(=O)O)c2sc3ccccc3n2c1-c1ccc(Cl)cc1. The Kier molecular flexibility index (Phi) is 3.52. The van der Waals surface area contributed by atoms with Gasteiger partial charge in [0.25, 0.3) is 0 Å². The lowest BCUT2D eigenvalue weighted by atomic mass is 10.0. The molecule has 0 amide bonds. The van der Waals surface area contributed by atoms with Crippen molar-refractivity contribution in [2.45, 2.75) is 0 Å². The normalized spacial score (nSPS) is 11.2. The van der Waals surface area contributed by atoms with Crippen LogP contribution in [0.15, 0.2) is 48.5 Å². The third kappa shape index (κ3) is 2.30. The van der Waals surface area contributed by atoms with Crippen LogP contribution >= 0.6 is 22.9 Å². The quantitative estimate of drug-likeness (QED) is 0.538. The number of rotatable bonds is 3. The fraction of sp³-hybridized carbons (Fsp3) is 0. The van der Waals surface area contributed by atoms with Gasteiger partial charge in [0.2, 0.25) is 0 Å². The highest BCUT2D eigenvalue weighted by Crippen LogP contribution is 2.39. The van der Waals surface area contributed by atoms with Gasteiger partial charge in [-0.15, -0.1) is 11.3 Å². The van der Waals surface area contributed by atoms with Gasteiger partial charge in [-0.1, -0.05) is 35.9 Å². The third-order valence-corrected chi connectivity index (χ3v) is 5.38. The first-order chi connectivity index (χ1) is 12.0. The van der Waals surface area contributed by atoms with Gasteiger partial charge < -0.3 is 10.2 Å². The molecule has 0 atom stereocenters. The highest BCUT2D eigenvalue weighted by Gasteiger charge is 2.30. The third-order valence-electron chi connectivity index (χ3n) is 3.99. The number of nitrogens with zero attached hydrogens (tertiary/aromatic N) is 1. The Labute approximate surface area is 150 Å². The number of carbonyl (C=O) groups is 2. The summed E-state index contributed by atoms with van der Waals surface area (Å²) in [5, 5.41) is 19.9. The minimum atomic E-state index is -1.28. The number of thiazole rings is 1. The van der Waals surface area contributed by atoms with Crippen LogP contribution in [0.3, 0.4) is 0 Å². The average molecular weight is 372 g/mol. The van der Waals surface area contributed by atoms with Gasteiger partial charge in [0.05, 0.1) is 15.9 Å². The van der Waals surface area contributed by atoms with E-state index >= 15 is 0 Å². The van der Waals surface area contributed by atoms with Crippen molar-refractivity contribution in [2.24, 2.45) is 0 Å². The second kappa shape index (κ2) is 5.61. The predicted molar refractivity (Wildman–Crippen MR) is 97.1 cm³/mol. The van der Waals surface area contributed by atoms with E-state index in [-0.39, 0.29) is 11.1 Å². The van der Waals surface area contributed by atoms with Gasteiger partial charge in [0, 0.05) is 5.02 Å². The van der Waals surface area contributed by atoms with Crippen LogP contribution in [0.25, 0.3) is 26.3 Å². The van der Waals surface area contributed by atoms with Gasteiger partial charge in [0.15, 0.2) is 0 Å². The number of carboxylic acid groups (broad SMARTS) is 2. The monoisotopic (exact) mass is 371 g/mol. The zero-order chi connectivity index (χ0) is 17.7. The number of hydrogen-bond acceptors (Lipinski definition) is 3. The lowest BCUT2D eigenvalue weighted by molar-refractivity contribution is 0.0655. The maximum absolute atomic E-state index is 11.9. The van der Waals surface area contributed by atoms with Crippen LogP contribution in [-0.4, -0.2) is 26.6 Å². The van der Waals surface area contributed by atoms with Crippen LogP contribution in [0.1, 0.15) is 20.7 Å². The zero-order valence-corrected chi connectivity index (χ0v) is 14.1. The molecular weight excluding hydrogens is 362 g/mol. The van der Waals surface area contributed by atoms with Gasteiger partial charge in [-0.3, -0.25) is 4.40 Å². The molecule has 0 aliphatic rings. The van der Waals surface area contributed by atoms with Crippen LogP contribution in [0, 0.1) is 0 Å². The van der Waals surface area contributed by atoms with E-state index in [1.807, 2.05) is 24.3 Å². The van der Waals surface area contributed by atoms with E-state index in [0.717, 1.165) is 10.2 Å². The highest BCUT2D eigenvalue weighted by molar-refractivity contribution is 7.24. The second-order valence-electron chi connectivity index (χ2n) is 5.43. The standard InChI is InChI=1S/C18H10ClNO4S/c19-10-7-5-9(6-8-10)15-13(17(21)22)14(18(23)24)16-20(15)11-3-1-2-4-12(11)25-16/h1-8H,(H,21,22)(H,23,24). The van der Waals surface area contributed by atoms with Crippen molar-refractivity contribution in [2.75, 3.05) is 0 Å². The molecule has 0 saturated carbocycles. The molecule has 4 rings (SSSR count). The molecule has 0 spiro atoms. The molecule has 0 aliphatic heterocycles. The van der Waals surface area contributed by atoms with E-state index < -0.39 is 11.9 Å². The van der Waals surface area contributed by atoms with Gasteiger partial charge >= 0.3 is 11.9 Å². The molecule has 2 heterocycles. The Morgan fingerprint density at radius 3 is 2.20 bits per heavy atom. The first-order valence-electron chi connectivity index (χ1n) is 7.27. The molecular formula is C18H10ClNO4S. The average Bonchev–Trinajstić information content (AvgIpc) is 3.09. The summed E-state index contributed by atoms with van der Waals surface area (Å²) >= 11 is 7.19. The molecule has 2 aromatic carbocycles. The van der Waals surface area contributed by atoms with Crippen LogP contribution in [0.5, 0.6) is 0 Å². The van der Waals surface area contributed by atoms with Crippen LogP contribution in [0.2, 0.25) is 5.02 Å². The molecule has 0 unspecified atom stereocenters. The summed E-state index contributed by atoms with van der Waals surface area (Å²) < 4.78 is 2.59. The minimum Gasteiger partial charge on any atom is -0.478 e. The maximum Gasteiger partial charge on any atom is 0.339 e. The largest absolute Gasteiger partial charge is 0.478 e. The smallest absolute Gasteiger partial charge is 0.339 e. The van der Waals surface area contributed by atoms with E-state index in [2.05, 4.69) is 0 Å². The number of para-hydroxylation sites is 1. The first-order valence-corrected chi connectivity index (χ1v) is 8.47. The molecule has 124 valence electrons. The Morgan fingerprint density at radius 2 is 1.56 bits per heavy atom. The van der Waals surface area contributed by atoms with E-state index in [1.54, 1.807) is 28.7 Å². The number of benzene rings is 2. The molecule has 0 radical (unpaired) electrons. The molecule has 25 heavy (non-hydrogen) atoms. The molecule has 0 saturated heterocycles. The van der Waals surface area contributed by atoms with Gasteiger partial charge in [-0.05, 0) is 29.8 Å². The molecule has 0 bridgehead atoms. The van der Waals surface area contributed by atoms with Crippen molar-refractivity contribution in [3.8, 4) is 11.3 Å². The van der Waals surface area contributed by atoms with Crippen LogP contribution < -0.4 is 0 Å². The number of fused-ring (bicyclic) bond motifs is 3. The Balaban J connectivity index is 2.25. The predicted octanol–water partition coefficient (Wildman–Crippen LogP) is 4.87. The van der Waals surface area contributed by atoms with E-state index in [0.29, 0.717) is 21.1 Å². The van der Waals surface area contributed by atoms with Gasteiger partial charge in [0.1, 0.15) is 16.0 Å². The molecule has 0 aliphatic carbocycles. The topological polar surface area (TPSA) is 79.0 Å². The molecule has 0 fully saturated rings. The number of aromatic carboxylic acids is 2. The lowest BCUT2D eigenvalue weighted by Gasteiger charge is -2.05. The zero-order valence-electron chi connectivity index (χ0n) is 12.6. The number of hydrogen-bond donors (Lipinski definition) is 2.